The van der Waals surface area contributed by atoms with Crippen LogP contribution in [-0.2, 0) is 30.9 Å². The maximum Gasteiger partial charge on any atom is 0.408 e. The molecule has 184 valence electrons. The van der Waals surface area contributed by atoms with Gasteiger partial charge in [-0.05, 0) is 37.1 Å². The van der Waals surface area contributed by atoms with Crippen molar-refractivity contribution in [3.8, 4) is 0 Å². The number of hydrogen-bond donors (Lipinski definition) is 2. The highest BCUT2D eigenvalue weighted by Gasteiger charge is 2.36. The Balaban J connectivity index is 1.90. The van der Waals surface area contributed by atoms with Gasteiger partial charge in [-0.3, -0.25) is 0 Å². The Morgan fingerprint density at radius 3 is 2.06 bits per heavy atom. The van der Waals surface area contributed by atoms with Gasteiger partial charge in [-0.1, -0.05) is 78.4 Å². The first-order valence-corrected chi connectivity index (χ1v) is 12.6. The normalized spacial score (nSPS) is 12.9. The number of nitrogens with one attached hydrogen (secondary N) is 2. The van der Waals surface area contributed by atoms with Crippen LogP contribution in [0.4, 0.5) is 4.79 Å². The third kappa shape index (κ3) is 7.40. The van der Waals surface area contributed by atoms with Gasteiger partial charge in [-0.2, -0.15) is 0 Å². The van der Waals surface area contributed by atoms with Crippen LogP contribution in [0, 0.1) is 6.92 Å². The van der Waals surface area contributed by atoms with Crippen molar-refractivity contribution in [1.82, 2.24) is 10.0 Å². The van der Waals surface area contributed by atoms with Crippen LogP contribution in [0.15, 0.2) is 89.8 Å². The molecule has 0 heterocycles. The summed E-state index contributed by atoms with van der Waals surface area (Å²) in [6, 6.07) is 21.3. The highest BCUT2D eigenvalue weighted by molar-refractivity contribution is 7.89. The van der Waals surface area contributed by atoms with E-state index < -0.39 is 34.2 Å². The van der Waals surface area contributed by atoms with Crippen LogP contribution in [0.2, 0.25) is 0 Å². The van der Waals surface area contributed by atoms with E-state index in [0.29, 0.717) is 5.56 Å². The molecule has 35 heavy (non-hydrogen) atoms. The molecule has 3 aromatic carbocycles. The molecule has 0 unspecified atom stereocenters. The lowest BCUT2D eigenvalue weighted by Gasteiger charge is -2.27. The van der Waals surface area contributed by atoms with Gasteiger partial charge < -0.3 is 14.8 Å². The summed E-state index contributed by atoms with van der Waals surface area (Å²) in [5.41, 5.74) is 2.12. The SMILES string of the molecule is CCOC(=O)[C@@H](NC(=O)OCc1ccccc1)[C@@H](NS(=O)(=O)c1ccc(C)cc1)c1ccccc1. The van der Waals surface area contributed by atoms with Gasteiger partial charge in [0.25, 0.3) is 0 Å². The average molecular weight is 497 g/mol. The fourth-order valence-corrected chi connectivity index (χ4v) is 4.58. The van der Waals surface area contributed by atoms with Crippen molar-refractivity contribution in [2.75, 3.05) is 6.61 Å². The van der Waals surface area contributed by atoms with E-state index in [-0.39, 0.29) is 18.1 Å². The fraction of sp³-hybridized carbons (Fsp3) is 0.231. The Morgan fingerprint density at radius 2 is 1.46 bits per heavy atom. The molecule has 9 heteroatoms. The van der Waals surface area contributed by atoms with E-state index in [1.54, 1.807) is 61.5 Å². The zero-order chi connectivity index (χ0) is 25.3. The molecule has 0 aromatic heterocycles. The van der Waals surface area contributed by atoms with E-state index in [1.165, 1.54) is 12.1 Å². The smallest absolute Gasteiger partial charge is 0.408 e. The summed E-state index contributed by atoms with van der Waals surface area (Å²) < 4.78 is 39.4. The Labute approximate surface area is 205 Å². The maximum atomic E-state index is 13.2. The Kier molecular flexibility index (Phi) is 8.99. The van der Waals surface area contributed by atoms with Crippen LogP contribution in [0.5, 0.6) is 0 Å². The van der Waals surface area contributed by atoms with Crippen molar-refractivity contribution in [3.63, 3.8) is 0 Å². The van der Waals surface area contributed by atoms with Gasteiger partial charge in [0.15, 0.2) is 6.04 Å². The minimum absolute atomic E-state index is 0.0205. The Hall–Kier alpha value is -3.69. The molecular weight excluding hydrogens is 468 g/mol. The van der Waals surface area contributed by atoms with Crippen LogP contribution in [0.1, 0.15) is 29.7 Å². The molecule has 0 aliphatic carbocycles. The summed E-state index contributed by atoms with van der Waals surface area (Å²) in [4.78, 5) is 25.6. The molecule has 2 atom stereocenters. The van der Waals surface area contributed by atoms with Crippen molar-refractivity contribution in [2.24, 2.45) is 0 Å². The minimum Gasteiger partial charge on any atom is -0.464 e. The van der Waals surface area contributed by atoms with E-state index in [2.05, 4.69) is 10.0 Å². The van der Waals surface area contributed by atoms with Crippen LogP contribution >= 0.6 is 0 Å². The number of amides is 1. The number of aryl methyl sites for hydroxylation is 1. The average Bonchev–Trinajstić information content (AvgIpc) is 2.86. The van der Waals surface area contributed by atoms with Crippen LogP contribution in [0.3, 0.4) is 0 Å². The molecule has 2 N–H and O–H groups in total. The Bertz CT molecular complexity index is 1220. The summed E-state index contributed by atoms with van der Waals surface area (Å²) in [5, 5.41) is 2.49. The second kappa shape index (κ2) is 12.1. The maximum absolute atomic E-state index is 13.2. The number of sulfonamides is 1. The largest absolute Gasteiger partial charge is 0.464 e. The summed E-state index contributed by atoms with van der Waals surface area (Å²) in [6.45, 7) is 3.49. The van der Waals surface area contributed by atoms with Gasteiger partial charge in [0.05, 0.1) is 17.5 Å². The molecule has 1 amide bonds. The van der Waals surface area contributed by atoms with Gasteiger partial charge in [-0.25, -0.2) is 22.7 Å². The van der Waals surface area contributed by atoms with Crippen molar-refractivity contribution < 1.29 is 27.5 Å². The van der Waals surface area contributed by atoms with Crippen molar-refractivity contribution >= 4 is 22.1 Å². The number of carbonyl (C=O) groups excluding carboxylic acids is 2. The molecule has 8 nitrogen and oxygen atoms in total. The van der Waals surface area contributed by atoms with Crippen molar-refractivity contribution in [1.29, 1.82) is 0 Å². The van der Waals surface area contributed by atoms with E-state index >= 15 is 0 Å². The number of carbonyl (C=O) groups is 2. The van der Waals surface area contributed by atoms with E-state index in [0.717, 1.165) is 11.1 Å². The quantitative estimate of drug-likeness (QED) is 0.412. The number of hydrogen-bond acceptors (Lipinski definition) is 6. The van der Waals surface area contributed by atoms with E-state index in [4.69, 9.17) is 9.47 Å². The van der Waals surface area contributed by atoms with Gasteiger partial charge in [0.1, 0.15) is 6.61 Å². The molecule has 0 fully saturated rings. The third-order valence-electron chi connectivity index (χ3n) is 5.13. The first kappa shape index (κ1) is 25.9. The number of benzene rings is 3. The van der Waals surface area contributed by atoms with Crippen LogP contribution in [-0.4, -0.2) is 33.1 Å². The predicted molar refractivity (Wildman–Crippen MR) is 131 cm³/mol. The first-order chi connectivity index (χ1) is 16.8. The minimum atomic E-state index is -4.06. The molecule has 0 bridgehead atoms. The summed E-state index contributed by atoms with van der Waals surface area (Å²) in [6.07, 6.45) is -0.887. The summed E-state index contributed by atoms with van der Waals surface area (Å²) in [7, 11) is -4.06. The molecular formula is C26H28N2O6S. The zero-order valence-corrected chi connectivity index (χ0v) is 20.3. The Morgan fingerprint density at radius 1 is 0.857 bits per heavy atom. The molecule has 3 rings (SSSR count). The van der Waals surface area contributed by atoms with Crippen LogP contribution < -0.4 is 10.0 Å². The fourth-order valence-electron chi connectivity index (χ4n) is 3.34. The third-order valence-corrected chi connectivity index (χ3v) is 6.59. The number of ether oxygens (including phenoxy) is 2. The predicted octanol–water partition coefficient (Wildman–Crippen LogP) is 3.87. The van der Waals surface area contributed by atoms with E-state index in [1.807, 2.05) is 25.1 Å². The molecule has 0 aliphatic rings. The monoisotopic (exact) mass is 496 g/mol. The summed E-state index contributed by atoms with van der Waals surface area (Å²) in [5.74, 6) is -0.801. The van der Waals surface area contributed by atoms with Crippen LogP contribution in [0.25, 0.3) is 0 Å². The molecule has 0 saturated heterocycles. The molecule has 0 aliphatic heterocycles. The standard InChI is InChI=1S/C26H28N2O6S/c1-3-33-25(29)24(27-26(30)34-18-20-10-6-4-7-11-20)23(21-12-8-5-9-13-21)28-35(31,32)22-16-14-19(2)15-17-22/h4-17,23-24,28H,3,18H2,1-2H3,(H,27,30)/t23-,24-/m0/s1. The highest BCUT2D eigenvalue weighted by atomic mass is 32.2. The van der Waals surface area contributed by atoms with Crippen molar-refractivity contribution in [3.05, 3.63) is 102 Å². The molecule has 3 aromatic rings. The highest BCUT2D eigenvalue weighted by Crippen LogP contribution is 2.22. The number of alkyl carbamates (subject to hydrolysis) is 1. The summed E-state index contributed by atoms with van der Waals surface area (Å²) >= 11 is 0. The van der Waals surface area contributed by atoms with E-state index in [9.17, 15) is 18.0 Å². The number of rotatable bonds is 10. The van der Waals surface area contributed by atoms with Gasteiger partial charge in [-0.15, -0.1) is 0 Å². The van der Waals surface area contributed by atoms with Crippen molar-refractivity contribution in [2.45, 2.75) is 37.4 Å². The topological polar surface area (TPSA) is 111 Å². The lowest BCUT2D eigenvalue weighted by atomic mass is 10.0. The number of esters is 1. The van der Waals surface area contributed by atoms with Gasteiger partial charge in [0.2, 0.25) is 10.0 Å². The second-order valence-corrected chi connectivity index (χ2v) is 9.47. The lowest BCUT2D eigenvalue weighted by molar-refractivity contribution is -0.146. The molecule has 0 spiro atoms. The van der Waals surface area contributed by atoms with Gasteiger partial charge in [0, 0.05) is 0 Å². The zero-order valence-electron chi connectivity index (χ0n) is 19.5. The molecule has 0 saturated carbocycles. The first-order valence-electron chi connectivity index (χ1n) is 11.1. The second-order valence-electron chi connectivity index (χ2n) is 7.76. The lowest BCUT2D eigenvalue weighted by Crippen LogP contribution is -2.51. The van der Waals surface area contributed by atoms with Gasteiger partial charge >= 0.3 is 12.1 Å². The molecule has 0 radical (unpaired) electrons.